The summed E-state index contributed by atoms with van der Waals surface area (Å²) in [5.74, 6) is 0.906. The fourth-order valence-corrected chi connectivity index (χ4v) is 6.97. The Morgan fingerprint density at radius 2 is 1.91 bits per heavy atom. The Morgan fingerprint density at radius 3 is 2.61 bits per heavy atom. The lowest BCUT2D eigenvalue weighted by atomic mass is 9.71. The molecule has 1 saturated heterocycles. The van der Waals surface area contributed by atoms with E-state index in [2.05, 4.69) is 49.2 Å². The number of nitrogens with zero attached hydrogens (tertiary/aromatic N) is 1. The fourth-order valence-electron chi connectivity index (χ4n) is 6.97. The molecule has 1 saturated carbocycles. The molecule has 5 heteroatoms. The highest BCUT2D eigenvalue weighted by atomic mass is 16.2. The summed E-state index contributed by atoms with van der Waals surface area (Å²) in [4.78, 5) is 16.0. The topological polar surface area (TPSA) is 82.2 Å². The highest BCUT2D eigenvalue weighted by molar-refractivity contribution is 5.96. The van der Waals surface area contributed by atoms with E-state index in [1.165, 1.54) is 49.7 Å². The van der Waals surface area contributed by atoms with E-state index in [0.717, 1.165) is 37.8 Å². The van der Waals surface area contributed by atoms with Crippen LogP contribution < -0.4 is 11.1 Å². The molecule has 6 atom stereocenters. The number of nitrogens with one attached hydrogen (secondary N) is 2. The predicted molar refractivity (Wildman–Crippen MR) is 137 cm³/mol. The maximum Gasteiger partial charge on any atom is 0.228 e. The van der Waals surface area contributed by atoms with E-state index < -0.39 is 0 Å². The average Bonchev–Trinajstić information content (AvgIpc) is 2.80. The molecule has 5 nitrogen and oxygen atoms in total. The van der Waals surface area contributed by atoms with Crippen LogP contribution in [0.25, 0.3) is 0 Å². The van der Waals surface area contributed by atoms with Crippen molar-refractivity contribution < 1.29 is 4.79 Å². The van der Waals surface area contributed by atoms with Gasteiger partial charge < -0.3 is 11.1 Å². The van der Waals surface area contributed by atoms with E-state index in [1.807, 2.05) is 0 Å². The van der Waals surface area contributed by atoms with Crippen LogP contribution in [0.1, 0.15) is 102 Å². The first kappa shape index (κ1) is 24.3. The molecule has 0 bridgehead atoms. The van der Waals surface area contributed by atoms with Crippen LogP contribution in [0.5, 0.6) is 0 Å². The van der Waals surface area contributed by atoms with Gasteiger partial charge in [-0.1, -0.05) is 44.7 Å². The van der Waals surface area contributed by atoms with Crippen LogP contribution in [0, 0.1) is 23.2 Å². The number of benzene rings is 1. The molecule has 0 spiro atoms. The summed E-state index contributed by atoms with van der Waals surface area (Å²) in [7, 11) is 0. The van der Waals surface area contributed by atoms with Crippen LogP contribution in [0.3, 0.4) is 0 Å². The second-order valence-electron chi connectivity index (χ2n) is 11.0. The lowest BCUT2D eigenvalue weighted by Crippen LogP contribution is -2.46. The zero-order valence-electron chi connectivity index (χ0n) is 20.9. The molecule has 2 aliphatic heterocycles. The molecule has 4 N–H and O–H groups in total. The molecule has 1 aromatic rings. The standard InChI is InChI=1S/C28H44N4O/c1-4-5-15-26(32-18(2)9-6-10-19(32)3)22-13-8-14-25-24(22)17-23(28(33)31-25)20-11-7-12-21(16-20)27(29)30/h8,13-14,18-21,23,26H,4-7,9-12,15-17H2,1-3H3,(H3,29,30)(H,31,33). The van der Waals surface area contributed by atoms with Crippen molar-refractivity contribution in [2.75, 3.05) is 5.32 Å². The number of rotatable bonds is 7. The van der Waals surface area contributed by atoms with Crippen molar-refractivity contribution in [1.29, 1.82) is 5.41 Å². The SMILES string of the molecule is CCCCC(c1cccc2c1CC(C1CCCC(C(=N)N)C1)C(=O)N2)N1C(C)CCCC1C. The summed E-state index contributed by atoms with van der Waals surface area (Å²) in [6, 6.07) is 8.16. The van der Waals surface area contributed by atoms with Gasteiger partial charge in [0.1, 0.15) is 0 Å². The van der Waals surface area contributed by atoms with E-state index in [1.54, 1.807) is 0 Å². The molecule has 1 aromatic carbocycles. The highest BCUT2D eigenvalue weighted by Crippen LogP contribution is 2.43. The second kappa shape index (κ2) is 10.6. The van der Waals surface area contributed by atoms with E-state index in [9.17, 15) is 4.79 Å². The Hall–Kier alpha value is -1.88. The van der Waals surface area contributed by atoms with Crippen molar-refractivity contribution >= 4 is 17.4 Å². The Bertz CT molecular complexity index is 842. The summed E-state index contributed by atoms with van der Waals surface area (Å²) in [5, 5.41) is 11.2. The molecular formula is C28H44N4O. The molecule has 182 valence electrons. The Labute approximate surface area is 200 Å². The van der Waals surface area contributed by atoms with Crippen molar-refractivity contribution in [2.24, 2.45) is 23.5 Å². The molecule has 0 radical (unpaired) electrons. The molecule has 2 fully saturated rings. The summed E-state index contributed by atoms with van der Waals surface area (Å²) >= 11 is 0. The number of nitrogens with two attached hydrogens (primary N) is 1. The van der Waals surface area contributed by atoms with Crippen LogP contribution in [-0.2, 0) is 11.2 Å². The van der Waals surface area contributed by atoms with Gasteiger partial charge in [0.2, 0.25) is 5.91 Å². The molecular weight excluding hydrogens is 408 g/mol. The van der Waals surface area contributed by atoms with E-state index in [4.69, 9.17) is 11.1 Å². The lowest BCUT2D eigenvalue weighted by molar-refractivity contribution is -0.122. The number of anilines is 1. The number of piperidine rings is 1. The third-order valence-corrected chi connectivity index (χ3v) is 8.77. The van der Waals surface area contributed by atoms with Crippen molar-refractivity contribution in [3.63, 3.8) is 0 Å². The first-order valence-electron chi connectivity index (χ1n) is 13.4. The minimum Gasteiger partial charge on any atom is -0.387 e. The first-order valence-corrected chi connectivity index (χ1v) is 13.4. The summed E-state index contributed by atoms with van der Waals surface area (Å²) < 4.78 is 0. The largest absolute Gasteiger partial charge is 0.387 e. The molecule has 3 aliphatic rings. The van der Waals surface area contributed by atoms with Gasteiger partial charge in [-0.2, -0.15) is 0 Å². The monoisotopic (exact) mass is 452 g/mol. The van der Waals surface area contributed by atoms with Gasteiger partial charge >= 0.3 is 0 Å². The first-order chi connectivity index (χ1) is 15.9. The highest BCUT2D eigenvalue weighted by Gasteiger charge is 2.39. The summed E-state index contributed by atoms with van der Waals surface area (Å²) in [6.07, 6.45) is 12.3. The summed E-state index contributed by atoms with van der Waals surface area (Å²) in [6.45, 7) is 7.09. The Kier molecular flexibility index (Phi) is 7.78. The zero-order chi connectivity index (χ0) is 23.5. The smallest absolute Gasteiger partial charge is 0.228 e. The predicted octanol–water partition coefficient (Wildman–Crippen LogP) is 6.03. The quantitative estimate of drug-likeness (QED) is 0.349. The van der Waals surface area contributed by atoms with Crippen LogP contribution in [0.4, 0.5) is 5.69 Å². The van der Waals surface area contributed by atoms with Gasteiger partial charge in [0.05, 0.1) is 5.84 Å². The van der Waals surface area contributed by atoms with Crippen molar-refractivity contribution in [2.45, 2.75) is 110 Å². The number of hydrogen-bond acceptors (Lipinski definition) is 3. The maximum atomic E-state index is 13.2. The third-order valence-electron chi connectivity index (χ3n) is 8.77. The van der Waals surface area contributed by atoms with Crippen LogP contribution in [0.2, 0.25) is 0 Å². The van der Waals surface area contributed by atoms with E-state index >= 15 is 0 Å². The van der Waals surface area contributed by atoms with Gasteiger partial charge in [0, 0.05) is 35.6 Å². The maximum absolute atomic E-state index is 13.2. The third kappa shape index (κ3) is 5.13. The minimum atomic E-state index is -0.0103. The molecule has 33 heavy (non-hydrogen) atoms. The Morgan fingerprint density at radius 1 is 1.18 bits per heavy atom. The normalized spacial score (nSPS) is 31.5. The van der Waals surface area contributed by atoms with Gasteiger partial charge in [-0.3, -0.25) is 15.1 Å². The van der Waals surface area contributed by atoms with Crippen LogP contribution in [0.15, 0.2) is 18.2 Å². The molecule has 1 amide bonds. The van der Waals surface area contributed by atoms with Crippen molar-refractivity contribution in [3.8, 4) is 0 Å². The Balaban J connectivity index is 1.65. The number of fused-ring (bicyclic) bond motifs is 1. The van der Waals surface area contributed by atoms with Crippen LogP contribution >= 0.6 is 0 Å². The number of likely N-dealkylation sites (tertiary alicyclic amines) is 1. The average molecular weight is 453 g/mol. The van der Waals surface area contributed by atoms with Gasteiger partial charge in [-0.15, -0.1) is 0 Å². The van der Waals surface area contributed by atoms with Crippen molar-refractivity contribution in [1.82, 2.24) is 4.90 Å². The van der Waals surface area contributed by atoms with Gasteiger partial charge in [-0.25, -0.2) is 0 Å². The van der Waals surface area contributed by atoms with Gasteiger partial charge in [0.15, 0.2) is 0 Å². The fraction of sp³-hybridized carbons (Fsp3) is 0.714. The number of hydrogen-bond donors (Lipinski definition) is 3. The number of unbranched alkanes of at least 4 members (excludes halogenated alkanes) is 1. The minimum absolute atomic E-state index is 0.0103. The zero-order valence-corrected chi connectivity index (χ0v) is 20.9. The van der Waals surface area contributed by atoms with Crippen LogP contribution in [-0.4, -0.2) is 28.7 Å². The molecule has 2 heterocycles. The van der Waals surface area contributed by atoms with E-state index in [0.29, 0.717) is 29.9 Å². The number of carbonyl (C=O) groups is 1. The van der Waals surface area contributed by atoms with Gasteiger partial charge in [-0.05, 0) is 81.9 Å². The summed E-state index contributed by atoms with van der Waals surface area (Å²) in [5.41, 5.74) is 9.68. The molecule has 1 aliphatic carbocycles. The number of amidine groups is 1. The number of amides is 1. The molecule has 0 aromatic heterocycles. The van der Waals surface area contributed by atoms with Crippen molar-refractivity contribution in [3.05, 3.63) is 29.3 Å². The van der Waals surface area contributed by atoms with E-state index in [-0.39, 0.29) is 17.7 Å². The lowest BCUT2D eigenvalue weighted by Gasteiger charge is -2.46. The number of carbonyl (C=O) groups excluding carboxylic acids is 1. The van der Waals surface area contributed by atoms with Gasteiger partial charge in [0.25, 0.3) is 0 Å². The molecule has 4 rings (SSSR count). The second-order valence-corrected chi connectivity index (χ2v) is 11.0. The molecule has 6 unspecified atom stereocenters.